The van der Waals surface area contributed by atoms with Gasteiger partial charge in [-0.2, -0.15) is 31.3 Å². The predicted molar refractivity (Wildman–Crippen MR) is 55.6 cm³/mol. The van der Waals surface area contributed by atoms with Gasteiger partial charge in [0.15, 0.2) is 5.82 Å². The zero-order valence-electron chi connectivity index (χ0n) is 10.6. The molecular weight excluding hydrogens is 292 g/mol. The van der Waals surface area contributed by atoms with Crippen LogP contribution in [0.15, 0.2) is 4.52 Å². The molecule has 1 heterocycles. The van der Waals surface area contributed by atoms with Gasteiger partial charge in [-0.05, 0) is 12.8 Å². The number of nitrogens with two attached hydrogens (primary N) is 1. The summed E-state index contributed by atoms with van der Waals surface area (Å²) in [4.78, 5) is 3.21. The lowest BCUT2D eigenvalue weighted by molar-refractivity contribution is -0.259. The van der Waals surface area contributed by atoms with E-state index < -0.39 is 29.7 Å². The molecule has 0 atom stereocenters. The number of rotatable bonds is 4. The molecule has 1 aromatic rings. The van der Waals surface area contributed by atoms with Crippen molar-refractivity contribution in [3.63, 3.8) is 0 Å². The van der Waals surface area contributed by atoms with Gasteiger partial charge in [0.25, 0.3) is 0 Å². The van der Waals surface area contributed by atoms with Crippen molar-refractivity contribution in [3.05, 3.63) is 11.7 Å². The van der Waals surface area contributed by atoms with Crippen LogP contribution in [0.1, 0.15) is 44.3 Å². The van der Waals surface area contributed by atoms with Crippen molar-refractivity contribution in [2.24, 2.45) is 5.73 Å². The topological polar surface area (TPSA) is 64.9 Å². The highest BCUT2D eigenvalue weighted by atomic mass is 19.4. The van der Waals surface area contributed by atoms with Crippen LogP contribution in [0.4, 0.5) is 26.3 Å². The molecule has 0 aliphatic carbocycles. The summed E-state index contributed by atoms with van der Waals surface area (Å²) < 4.78 is 79.1. The highest BCUT2D eigenvalue weighted by molar-refractivity contribution is 5.07. The quantitative estimate of drug-likeness (QED) is 0.867. The molecule has 10 heteroatoms. The van der Waals surface area contributed by atoms with Crippen LogP contribution in [0.2, 0.25) is 0 Å². The third-order valence-electron chi connectivity index (χ3n) is 3.05. The van der Waals surface area contributed by atoms with Gasteiger partial charge in [0.1, 0.15) is 0 Å². The van der Waals surface area contributed by atoms with E-state index in [1.807, 2.05) is 0 Å². The molecule has 116 valence electrons. The zero-order valence-corrected chi connectivity index (χ0v) is 10.6. The molecule has 0 aliphatic rings. The Balaban J connectivity index is 3.24. The fraction of sp³-hybridized carbons (Fsp3) is 0.800. The van der Waals surface area contributed by atoms with E-state index in [2.05, 4.69) is 14.7 Å². The number of halogens is 6. The Morgan fingerprint density at radius 1 is 1.05 bits per heavy atom. The fourth-order valence-corrected chi connectivity index (χ4v) is 1.59. The lowest BCUT2D eigenvalue weighted by Gasteiger charge is -2.22. The Hall–Kier alpha value is -1.32. The molecule has 0 amide bonds. The first-order chi connectivity index (χ1) is 8.95. The third kappa shape index (κ3) is 3.22. The molecule has 0 saturated heterocycles. The fourth-order valence-electron chi connectivity index (χ4n) is 1.59. The summed E-state index contributed by atoms with van der Waals surface area (Å²) in [6, 6.07) is 0. The molecule has 20 heavy (non-hydrogen) atoms. The summed E-state index contributed by atoms with van der Waals surface area (Å²) in [5.41, 5.74) is 4.58. The van der Waals surface area contributed by atoms with Crippen LogP contribution in [-0.2, 0) is 5.54 Å². The van der Waals surface area contributed by atoms with E-state index >= 15 is 0 Å². The number of alkyl halides is 6. The average molecular weight is 305 g/mol. The second-order valence-corrected chi connectivity index (χ2v) is 4.34. The first-order valence-corrected chi connectivity index (χ1v) is 5.72. The van der Waals surface area contributed by atoms with Crippen LogP contribution >= 0.6 is 0 Å². The summed E-state index contributed by atoms with van der Waals surface area (Å²) >= 11 is 0. The van der Waals surface area contributed by atoms with Crippen LogP contribution in [0.3, 0.4) is 0 Å². The highest BCUT2D eigenvalue weighted by Gasteiger charge is 2.61. The van der Waals surface area contributed by atoms with Gasteiger partial charge in [-0.3, -0.25) is 0 Å². The standard InChI is InChI=1S/C10H13F6N3O/c1-3-8(17,4-2)7-18-6(20-19-7)5(9(11,12)13)10(14,15)16/h5H,3-4,17H2,1-2H3. The second-order valence-electron chi connectivity index (χ2n) is 4.34. The SMILES string of the molecule is CCC(N)(CC)c1noc(C(C(F)(F)F)C(F)(F)F)n1. The molecule has 1 aromatic heterocycles. The average Bonchev–Trinajstić information content (AvgIpc) is 2.73. The Kier molecular flexibility index (Phi) is 4.37. The van der Waals surface area contributed by atoms with Gasteiger partial charge in [-0.15, -0.1) is 0 Å². The van der Waals surface area contributed by atoms with Gasteiger partial charge in [-0.1, -0.05) is 19.0 Å². The third-order valence-corrected chi connectivity index (χ3v) is 3.05. The minimum absolute atomic E-state index is 0.241. The van der Waals surface area contributed by atoms with E-state index in [4.69, 9.17) is 5.73 Å². The molecule has 2 N–H and O–H groups in total. The van der Waals surface area contributed by atoms with E-state index in [1.165, 1.54) is 0 Å². The largest absolute Gasteiger partial charge is 0.409 e. The molecular formula is C10H13F6N3O. The van der Waals surface area contributed by atoms with Crippen molar-refractivity contribution < 1.29 is 30.9 Å². The maximum Gasteiger partial charge on any atom is 0.409 e. The number of aromatic nitrogens is 2. The van der Waals surface area contributed by atoms with Crippen LogP contribution in [0.5, 0.6) is 0 Å². The lowest BCUT2D eigenvalue weighted by Crippen LogP contribution is -2.37. The first-order valence-electron chi connectivity index (χ1n) is 5.72. The van der Waals surface area contributed by atoms with E-state index in [0.29, 0.717) is 0 Å². The van der Waals surface area contributed by atoms with Gasteiger partial charge < -0.3 is 10.3 Å². The van der Waals surface area contributed by atoms with Crippen molar-refractivity contribution in [2.45, 2.75) is 50.5 Å². The second kappa shape index (κ2) is 5.23. The summed E-state index contributed by atoms with van der Waals surface area (Å²) in [5, 5.41) is 3.17. The molecule has 0 bridgehead atoms. The van der Waals surface area contributed by atoms with E-state index in [0.717, 1.165) is 0 Å². The Bertz CT molecular complexity index is 435. The highest BCUT2D eigenvalue weighted by Crippen LogP contribution is 2.45. The maximum atomic E-state index is 12.5. The van der Waals surface area contributed by atoms with Gasteiger partial charge in [0, 0.05) is 0 Å². The number of nitrogens with zero attached hydrogens (tertiary/aromatic N) is 2. The normalized spacial score (nSPS) is 14.1. The summed E-state index contributed by atoms with van der Waals surface area (Å²) in [7, 11) is 0. The molecule has 0 spiro atoms. The Morgan fingerprint density at radius 3 is 1.85 bits per heavy atom. The molecule has 0 aromatic carbocycles. The van der Waals surface area contributed by atoms with Crippen molar-refractivity contribution in [3.8, 4) is 0 Å². The van der Waals surface area contributed by atoms with Crippen LogP contribution in [-0.4, -0.2) is 22.5 Å². The van der Waals surface area contributed by atoms with Crippen molar-refractivity contribution >= 4 is 0 Å². The lowest BCUT2D eigenvalue weighted by atomic mass is 9.93. The van der Waals surface area contributed by atoms with Gasteiger partial charge >= 0.3 is 12.4 Å². The van der Waals surface area contributed by atoms with Crippen LogP contribution < -0.4 is 5.73 Å². The monoisotopic (exact) mass is 305 g/mol. The molecule has 0 saturated carbocycles. The molecule has 1 rings (SSSR count). The first kappa shape index (κ1) is 16.7. The molecule has 0 fully saturated rings. The Morgan fingerprint density at radius 2 is 1.50 bits per heavy atom. The summed E-state index contributed by atoms with van der Waals surface area (Å²) in [6.07, 6.45) is -10.7. The Labute approximate surface area is 110 Å². The van der Waals surface area contributed by atoms with Crippen molar-refractivity contribution in [1.29, 1.82) is 0 Å². The molecule has 0 radical (unpaired) electrons. The van der Waals surface area contributed by atoms with Gasteiger partial charge in [-0.25, -0.2) is 0 Å². The smallest absolute Gasteiger partial charge is 0.338 e. The van der Waals surface area contributed by atoms with Crippen LogP contribution in [0.25, 0.3) is 0 Å². The minimum atomic E-state index is -5.57. The van der Waals surface area contributed by atoms with E-state index in [1.54, 1.807) is 13.8 Å². The van der Waals surface area contributed by atoms with Gasteiger partial charge in [0.05, 0.1) is 5.54 Å². The maximum absolute atomic E-state index is 12.5. The number of hydrogen-bond donors (Lipinski definition) is 1. The number of hydrogen-bond acceptors (Lipinski definition) is 4. The molecule has 4 nitrogen and oxygen atoms in total. The van der Waals surface area contributed by atoms with E-state index in [-0.39, 0.29) is 18.7 Å². The zero-order chi connectivity index (χ0) is 15.8. The van der Waals surface area contributed by atoms with Crippen molar-refractivity contribution in [2.75, 3.05) is 0 Å². The molecule has 0 aliphatic heterocycles. The predicted octanol–water partition coefficient (Wildman–Crippen LogP) is 3.25. The van der Waals surface area contributed by atoms with Crippen LogP contribution in [0, 0.1) is 0 Å². The van der Waals surface area contributed by atoms with E-state index in [9.17, 15) is 26.3 Å². The summed E-state index contributed by atoms with van der Waals surface area (Å²) in [6.45, 7) is 3.23. The summed E-state index contributed by atoms with van der Waals surface area (Å²) in [5.74, 6) is -5.72. The van der Waals surface area contributed by atoms with Gasteiger partial charge in [0.2, 0.25) is 11.8 Å². The minimum Gasteiger partial charge on any atom is -0.338 e. The van der Waals surface area contributed by atoms with Crippen molar-refractivity contribution in [1.82, 2.24) is 10.1 Å². The molecule has 0 unspecified atom stereocenters.